The predicted molar refractivity (Wildman–Crippen MR) is 79.5 cm³/mol. The molecule has 1 heterocycles. The second-order valence-corrected chi connectivity index (χ2v) is 8.43. The highest BCUT2D eigenvalue weighted by Crippen LogP contribution is 2.26. The molecule has 1 fully saturated rings. The van der Waals surface area contributed by atoms with Crippen molar-refractivity contribution in [2.24, 2.45) is 0 Å². The van der Waals surface area contributed by atoms with Gasteiger partial charge in [-0.1, -0.05) is 15.9 Å². The number of hydrogen-bond donors (Lipinski definition) is 1. The van der Waals surface area contributed by atoms with Gasteiger partial charge in [0.25, 0.3) is 0 Å². The molecule has 0 aromatic heterocycles. The van der Waals surface area contributed by atoms with Crippen LogP contribution in [0.25, 0.3) is 0 Å². The SMILES string of the molecule is Cc1cc(S(=O)(=O)NCC2CCCS2)ccc1Br. The molecule has 1 aliphatic rings. The topological polar surface area (TPSA) is 46.2 Å². The summed E-state index contributed by atoms with van der Waals surface area (Å²) in [5.74, 6) is 1.14. The van der Waals surface area contributed by atoms with Gasteiger partial charge in [-0.25, -0.2) is 13.1 Å². The first-order valence-corrected chi connectivity index (χ1v) is 9.19. The second kappa shape index (κ2) is 5.94. The molecule has 6 heteroatoms. The highest BCUT2D eigenvalue weighted by Gasteiger charge is 2.20. The normalized spacial score (nSPS) is 20.2. The molecule has 100 valence electrons. The van der Waals surface area contributed by atoms with E-state index in [9.17, 15) is 8.42 Å². The molecule has 1 aromatic rings. The molecule has 1 aliphatic heterocycles. The van der Waals surface area contributed by atoms with Crippen molar-refractivity contribution in [2.45, 2.75) is 29.9 Å². The van der Waals surface area contributed by atoms with Crippen molar-refractivity contribution in [1.82, 2.24) is 4.72 Å². The van der Waals surface area contributed by atoms with Crippen LogP contribution in [0.3, 0.4) is 0 Å². The van der Waals surface area contributed by atoms with Crippen molar-refractivity contribution in [2.75, 3.05) is 12.3 Å². The molecule has 3 nitrogen and oxygen atoms in total. The first-order valence-electron chi connectivity index (χ1n) is 5.86. The zero-order valence-electron chi connectivity index (χ0n) is 10.1. The average Bonchev–Trinajstić information content (AvgIpc) is 2.83. The summed E-state index contributed by atoms with van der Waals surface area (Å²) in [6.45, 7) is 2.41. The third-order valence-electron chi connectivity index (χ3n) is 2.96. The number of rotatable bonds is 4. The Morgan fingerprint density at radius 3 is 2.89 bits per heavy atom. The summed E-state index contributed by atoms with van der Waals surface area (Å²) in [5.41, 5.74) is 0.924. The van der Waals surface area contributed by atoms with Crippen LogP contribution >= 0.6 is 27.7 Å². The van der Waals surface area contributed by atoms with Crippen molar-refractivity contribution < 1.29 is 8.42 Å². The van der Waals surface area contributed by atoms with Gasteiger partial charge in [0.1, 0.15) is 0 Å². The molecule has 18 heavy (non-hydrogen) atoms. The lowest BCUT2D eigenvalue weighted by Crippen LogP contribution is -2.29. The van der Waals surface area contributed by atoms with Gasteiger partial charge < -0.3 is 0 Å². The number of aryl methyl sites for hydroxylation is 1. The summed E-state index contributed by atoms with van der Waals surface area (Å²) >= 11 is 5.22. The van der Waals surface area contributed by atoms with Gasteiger partial charge in [-0.05, 0) is 49.3 Å². The minimum absolute atomic E-state index is 0.339. The van der Waals surface area contributed by atoms with E-state index >= 15 is 0 Å². The molecule has 2 rings (SSSR count). The fourth-order valence-corrected chi connectivity index (χ4v) is 4.60. The summed E-state index contributed by atoms with van der Waals surface area (Å²) in [7, 11) is -3.37. The van der Waals surface area contributed by atoms with Crippen LogP contribution in [0.2, 0.25) is 0 Å². The fraction of sp³-hybridized carbons (Fsp3) is 0.500. The zero-order chi connectivity index (χ0) is 13.2. The van der Waals surface area contributed by atoms with E-state index in [0.717, 1.165) is 22.2 Å². The Kier molecular flexibility index (Phi) is 4.75. The Bertz CT molecular complexity index is 525. The van der Waals surface area contributed by atoms with E-state index in [1.54, 1.807) is 18.2 Å². The van der Waals surface area contributed by atoms with E-state index in [0.29, 0.717) is 16.7 Å². The molecule has 1 saturated heterocycles. The fourth-order valence-electron chi connectivity index (χ4n) is 1.88. The standard InChI is InChI=1S/C12H16BrNO2S2/c1-9-7-11(4-5-12(9)13)18(15,16)14-8-10-3-2-6-17-10/h4-5,7,10,14H,2-3,6,8H2,1H3. The Hall–Kier alpha value is -0.0400. The summed E-state index contributed by atoms with van der Waals surface area (Å²) in [4.78, 5) is 0.339. The van der Waals surface area contributed by atoms with Gasteiger partial charge >= 0.3 is 0 Å². The van der Waals surface area contributed by atoms with Crippen molar-refractivity contribution in [3.8, 4) is 0 Å². The first-order chi connectivity index (χ1) is 8.49. The molecule has 0 amide bonds. The van der Waals surface area contributed by atoms with E-state index < -0.39 is 10.0 Å². The van der Waals surface area contributed by atoms with E-state index in [4.69, 9.17) is 0 Å². The maximum absolute atomic E-state index is 12.1. The molecular formula is C12H16BrNO2S2. The van der Waals surface area contributed by atoms with Crippen LogP contribution < -0.4 is 4.72 Å². The smallest absolute Gasteiger partial charge is 0.210 e. The van der Waals surface area contributed by atoms with Crippen LogP contribution in [0.15, 0.2) is 27.6 Å². The highest BCUT2D eigenvalue weighted by atomic mass is 79.9. The van der Waals surface area contributed by atoms with Crippen molar-refractivity contribution >= 4 is 37.7 Å². The number of thioether (sulfide) groups is 1. The van der Waals surface area contributed by atoms with Gasteiger partial charge in [-0.15, -0.1) is 0 Å². The van der Waals surface area contributed by atoms with Crippen LogP contribution in [-0.4, -0.2) is 26.0 Å². The van der Waals surface area contributed by atoms with E-state index in [1.807, 2.05) is 18.7 Å². The van der Waals surface area contributed by atoms with Gasteiger partial charge in [-0.3, -0.25) is 0 Å². The lowest BCUT2D eigenvalue weighted by molar-refractivity contribution is 0.579. The minimum atomic E-state index is -3.37. The Morgan fingerprint density at radius 2 is 2.28 bits per heavy atom. The number of sulfonamides is 1. The van der Waals surface area contributed by atoms with Gasteiger partial charge in [0.2, 0.25) is 10.0 Å². The van der Waals surface area contributed by atoms with Crippen LogP contribution in [0.5, 0.6) is 0 Å². The van der Waals surface area contributed by atoms with Gasteiger partial charge in [0, 0.05) is 16.3 Å². The Labute approximate surface area is 121 Å². The van der Waals surface area contributed by atoms with Crippen LogP contribution in [0.1, 0.15) is 18.4 Å². The number of benzene rings is 1. The number of halogens is 1. The molecule has 1 unspecified atom stereocenters. The predicted octanol–water partition coefficient (Wildman–Crippen LogP) is 2.93. The van der Waals surface area contributed by atoms with Gasteiger partial charge in [0.15, 0.2) is 0 Å². The van der Waals surface area contributed by atoms with Gasteiger partial charge in [0.05, 0.1) is 4.90 Å². The van der Waals surface area contributed by atoms with E-state index in [-0.39, 0.29) is 0 Å². The minimum Gasteiger partial charge on any atom is -0.210 e. The molecule has 0 spiro atoms. The summed E-state index contributed by atoms with van der Waals surface area (Å²) in [6, 6.07) is 5.09. The average molecular weight is 350 g/mol. The van der Waals surface area contributed by atoms with Crippen molar-refractivity contribution in [3.05, 3.63) is 28.2 Å². The molecule has 1 aromatic carbocycles. The maximum atomic E-state index is 12.1. The quantitative estimate of drug-likeness (QED) is 0.908. The first kappa shape index (κ1) is 14.4. The summed E-state index contributed by atoms with van der Waals surface area (Å²) in [6.07, 6.45) is 2.29. The zero-order valence-corrected chi connectivity index (χ0v) is 13.4. The highest BCUT2D eigenvalue weighted by molar-refractivity contribution is 9.10. The molecule has 1 N–H and O–H groups in total. The molecule has 0 radical (unpaired) electrons. The molecule has 0 saturated carbocycles. The largest absolute Gasteiger partial charge is 0.240 e. The van der Waals surface area contributed by atoms with Crippen LogP contribution in [-0.2, 0) is 10.0 Å². The second-order valence-electron chi connectivity index (χ2n) is 4.40. The monoisotopic (exact) mass is 349 g/mol. The summed E-state index contributed by atoms with van der Waals surface area (Å²) in [5, 5.41) is 0.427. The van der Waals surface area contributed by atoms with Crippen molar-refractivity contribution in [1.29, 1.82) is 0 Å². The number of hydrogen-bond acceptors (Lipinski definition) is 3. The Morgan fingerprint density at radius 1 is 1.50 bits per heavy atom. The third kappa shape index (κ3) is 3.50. The van der Waals surface area contributed by atoms with Gasteiger partial charge in [-0.2, -0.15) is 11.8 Å². The van der Waals surface area contributed by atoms with Crippen LogP contribution in [0, 0.1) is 6.92 Å². The summed E-state index contributed by atoms with van der Waals surface area (Å²) < 4.78 is 27.9. The molecular weight excluding hydrogens is 334 g/mol. The van der Waals surface area contributed by atoms with E-state index in [1.165, 1.54) is 6.42 Å². The lowest BCUT2D eigenvalue weighted by atomic mass is 10.2. The molecule has 0 aliphatic carbocycles. The van der Waals surface area contributed by atoms with Crippen molar-refractivity contribution in [3.63, 3.8) is 0 Å². The van der Waals surface area contributed by atoms with Crippen LogP contribution in [0.4, 0.5) is 0 Å². The molecule has 0 bridgehead atoms. The van der Waals surface area contributed by atoms with E-state index in [2.05, 4.69) is 20.7 Å². The third-order valence-corrected chi connectivity index (χ3v) is 6.67. The lowest BCUT2D eigenvalue weighted by Gasteiger charge is -2.11. The number of nitrogens with one attached hydrogen (secondary N) is 1. The molecule has 1 atom stereocenters. The maximum Gasteiger partial charge on any atom is 0.240 e. The Balaban J connectivity index is 2.07.